The van der Waals surface area contributed by atoms with Crippen LogP contribution in [0.5, 0.6) is 5.75 Å². The van der Waals surface area contributed by atoms with Crippen molar-refractivity contribution in [1.82, 2.24) is 29.9 Å². The van der Waals surface area contributed by atoms with Gasteiger partial charge in [0, 0.05) is 17.6 Å². The molecule has 0 saturated carbocycles. The molecular formula is C23H21ClN8O. The van der Waals surface area contributed by atoms with Crippen LogP contribution in [-0.2, 0) is 6.54 Å². The van der Waals surface area contributed by atoms with Crippen molar-refractivity contribution >= 4 is 51.4 Å². The summed E-state index contributed by atoms with van der Waals surface area (Å²) in [4.78, 5) is 27.0. The zero-order chi connectivity index (χ0) is 22.9. The number of aryl methyl sites for hydroxylation is 2. The molecule has 9 nitrogen and oxygen atoms in total. The molecule has 0 fully saturated rings. The molecule has 1 aromatic carbocycles. The molecule has 3 N–H and O–H groups in total. The monoisotopic (exact) mass is 460 g/mol. The number of fused-ring (bicyclic) bond motifs is 3. The second kappa shape index (κ2) is 8.51. The van der Waals surface area contributed by atoms with Crippen molar-refractivity contribution < 1.29 is 4.74 Å². The maximum atomic E-state index is 5.80. The number of benzene rings is 1. The van der Waals surface area contributed by atoms with E-state index in [2.05, 4.69) is 40.2 Å². The number of nitrogens with zero attached hydrogens (tertiary/aromatic N) is 5. The van der Waals surface area contributed by atoms with E-state index in [-0.39, 0.29) is 0 Å². The average molecular weight is 461 g/mol. The first-order valence-corrected chi connectivity index (χ1v) is 10.6. The zero-order valence-electron chi connectivity index (χ0n) is 18.3. The lowest BCUT2D eigenvalue weighted by Crippen LogP contribution is -2.00. The minimum Gasteiger partial charge on any atom is -0.495 e. The van der Waals surface area contributed by atoms with E-state index in [4.69, 9.17) is 16.3 Å². The topological polar surface area (TPSA) is 117 Å². The van der Waals surface area contributed by atoms with E-state index in [0.717, 1.165) is 56.3 Å². The van der Waals surface area contributed by atoms with Crippen LogP contribution in [0.1, 0.15) is 22.5 Å². The lowest BCUT2D eigenvalue weighted by molar-refractivity contribution is 0.416. The van der Waals surface area contributed by atoms with E-state index in [1.54, 1.807) is 13.4 Å². The van der Waals surface area contributed by atoms with Crippen LogP contribution < -0.4 is 10.1 Å². The van der Waals surface area contributed by atoms with Crippen molar-refractivity contribution in [2.75, 3.05) is 12.4 Å². The fraction of sp³-hybridized carbons (Fsp3) is 0.174. The number of hydrogen-bond acceptors (Lipinski definition) is 7. The Morgan fingerprint density at radius 3 is 2.33 bits per heavy atom. The number of H-pyrrole nitrogens is 2. The highest BCUT2D eigenvalue weighted by Crippen LogP contribution is 2.33. The van der Waals surface area contributed by atoms with Crippen LogP contribution in [0.2, 0.25) is 5.15 Å². The van der Waals surface area contributed by atoms with Crippen molar-refractivity contribution in [1.29, 1.82) is 0 Å². The zero-order valence-corrected chi connectivity index (χ0v) is 19.0. The molecule has 10 heteroatoms. The van der Waals surface area contributed by atoms with Crippen LogP contribution in [0.4, 0.5) is 11.5 Å². The number of methoxy groups -OCH3 is 1. The van der Waals surface area contributed by atoms with Crippen LogP contribution >= 0.6 is 11.6 Å². The van der Waals surface area contributed by atoms with Crippen molar-refractivity contribution in [3.05, 3.63) is 64.6 Å². The summed E-state index contributed by atoms with van der Waals surface area (Å²) in [5.41, 5.74) is 6.85. The molecule has 4 aromatic heterocycles. The van der Waals surface area contributed by atoms with Gasteiger partial charge in [0.25, 0.3) is 0 Å². The lowest BCUT2D eigenvalue weighted by Gasteiger charge is -2.13. The van der Waals surface area contributed by atoms with E-state index >= 15 is 0 Å². The summed E-state index contributed by atoms with van der Waals surface area (Å²) in [6.07, 6.45) is 4.87. The van der Waals surface area contributed by atoms with Crippen molar-refractivity contribution in [3.63, 3.8) is 0 Å². The second-order valence-corrected chi connectivity index (χ2v) is 8.02. The fourth-order valence-corrected chi connectivity index (χ4v) is 3.93. The molecule has 0 atom stereocenters. The summed E-state index contributed by atoms with van der Waals surface area (Å²) in [5.74, 6) is 1.53. The number of nitrogens with one attached hydrogen (secondary N) is 3. The van der Waals surface area contributed by atoms with Crippen LogP contribution in [0.15, 0.2) is 41.9 Å². The molecule has 0 spiro atoms. The van der Waals surface area contributed by atoms with Gasteiger partial charge in [-0.05, 0) is 49.2 Å². The molecule has 0 unspecified atom stereocenters. The quantitative estimate of drug-likeness (QED) is 0.331. The van der Waals surface area contributed by atoms with E-state index in [1.165, 1.54) is 11.9 Å². The summed E-state index contributed by atoms with van der Waals surface area (Å²) >= 11 is 5.80. The van der Waals surface area contributed by atoms with Gasteiger partial charge in [-0.25, -0.2) is 19.9 Å². The number of hydrogen-bond donors (Lipinski definition) is 3. The number of rotatable bonds is 3. The molecule has 0 saturated heterocycles. The molecule has 1 aliphatic rings. The highest BCUT2D eigenvalue weighted by atomic mass is 35.5. The van der Waals surface area contributed by atoms with Gasteiger partial charge in [-0.1, -0.05) is 11.6 Å². The summed E-state index contributed by atoms with van der Waals surface area (Å²) in [6, 6.07) is 8.01. The molecule has 0 amide bonds. The summed E-state index contributed by atoms with van der Waals surface area (Å²) in [6.45, 7) is 4.66. The maximum Gasteiger partial charge on any atom is 0.143 e. The van der Waals surface area contributed by atoms with Gasteiger partial charge < -0.3 is 20.0 Å². The molecule has 5 heterocycles. The minimum atomic E-state index is 0.499. The molecule has 1 aliphatic heterocycles. The van der Waals surface area contributed by atoms with E-state index < -0.39 is 0 Å². The minimum absolute atomic E-state index is 0.499. The van der Waals surface area contributed by atoms with Gasteiger partial charge in [0.15, 0.2) is 0 Å². The van der Waals surface area contributed by atoms with Gasteiger partial charge in [0.05, 0.1) is 30.1 Å². The first-order valence-electron chi connectivity index (χ1n) is 10.3. The Kier molecular flexibility index (Phi) is 5.39. The predicted octanol–water partition coefficient (Wildman–Crippen LogP) is 4.87. The fourth-order valence-electron chi connectivity index (χ4n) is 3.74. The Hall–Kier alpha value is -3.98. The standard InChI is InChI=1S/C16H15N5O.C7H6ClN3/c1-9-3-12-15(20-9)18-8-19-16(12)21-13-4-10-6-17-7-11(10)5-14(13)22-2;1-4-2-5-6(8)9-3-10-7(5)11-4/h3-6,8H,7H2,1-2H3,(H2,18,19,20,21);2-3H,1H3,(H,9,10,11). The largest absolute Gasteiger partial charge is 0.495 e. The Bertz CT molecular complexity index is 1500. The van der Waals surface area contributed by atoms with Crippen LogP contribution in [0.3, 0.4) is 0 Å². The Labute approximate surface area is 194 Å². The normalized spacial score (nSPS) is 12.0. The third-order valence-electron chi connectivity index (χ3n) is 5.28. The third-order valence-corrected chi connectivity index (χ3v) is 5.58. The van der Waals surface area contributed by atoms with Gasteiger partial charge in [0.1, 0.15) is 40.7 Å². The van der Waals surface area contributed by atoms with Gasteiger partial charge in [0.2, 0.25) is 0 Å². The van der Waals surface area contributed by atoms with Crippen LogP contribution in [-0.4, -0.2) is 43.2 Å². The maximum absolute atomic E-state index is 5.80. The number of ether oxygens (including phenoxy) is 1. The smallest absolute Gasteiger partial charge is 0.143 e. The molecule has 0 aliphatic carbocycles. The number of anilines is 2. The van der Waals surface area contributed by atoms with Crippen LogP contribution in [0, 0.1) is 13.8 Å². The first-order chi connectivity index (χ1) is 16.0. The van der Waals surface area contributed by atoms with Crippen molar-refractivity contribution in [2.24, 2.45) is 4.99 Å². The molecule has 0 radical (unpaired) electrons. The van der Waals surface area contributed by atoms with E-state index in [9.17, 15) is 0 Å². The number of aromatic nitrogens is 6. The Balaban J connectivity index is 0.000000174. The Morgan fingerprint density at radius 1 is 0.909 bits per heavy atom. The second-order valence-electron chi connectivity index (χ2n) is 7.66. The first kappa shape index (κ1) is 20.9. The predicted molar refractivity (Wildman–Crippen MR) is 130 cm³/mol. The highest BCUT2D eigenvalue weighted by Gasteiger charge is 2.14. The molecule has 5 aromatic rings. The average Bonchev–Trinajstić information content (AvgIpc) is 3.51. The number of aliphatic imine (C=N–C) groups is 1. The van der Waals surface area contributed by atoms with Crippen molar-refractivity contribution in [3.8, 4) is 5.75 Å². The summed E-state index contributed by atoms with van der Waals surface area (Å²) in [5, 5.41) is 5.69. The van der Waals surface area contributed by atoms with E-state index in [1.807, 2.05) is 44.3 Å². The Morgan fingerprint density at radius 2 is 1.61 bits per heavy atom. The summed E-state index contributed by atoms with van der Waals surface area (Å²) < 4.78 is 5.49. The molecule has 33 heavy (non-hydrogen) atoms. The molecule has 0 bridgehead atoms. The van der Waals surface area contributed by atoms with Gasteiger partial charge in [-0.3, -0.25) is 4.99 Å². The number of aromatic amines is 2. The molecule has 166 valence electrons. The van der Waals surface area contributed by atoms with Crippen molar-refractivity contribution in [2.45, 2.75) is 20.4 Å². The van der Waals surface area contributed by atoms with Gasteiger partial charge >= 0.3 is 0 Å². The molecule has 6 rings (SSSR count). The van der Waals surface area contributed by atoms with E-state index in [0.29, 0.717) is 11.7 Å². The number of halogens is 1. The molecular weight excluding hydrogens is 440 g/mol. The van der Waals surface area contributed by atoms with Crippen LogP contribution in [0.25, 0.3) is 22.1 Å². The highest BCUT2D eigenvalue weighted by molar-refractivity contribution is 6.33. The SMILES string of the molecule is COc1cc2c(cc1Nc1ncnc3[nH]c(C)cc13)C=NC2.Cc1cc2c(Cl)ncnc2[nH]1. The van der Waals surface area contributed by atoms with Gasteiger partial charge in [-0.15, -0.1) is 0 Å². The third kappa shape index (κ3) is 4.10. The lowest BCUT2D eigenvalue weighted by atomic mass is 10.1. The summed E-state index contributed by atoms with van der Waals surface area (Å²) in [7, 11) is 1.67. The van der Waals surface area contributed by atoms with Gasteiger partial charge in [-0.2, -0.15) is 0 Å².